The van der Waals surface area contributed by atoms with E-state index in [-0.39, 0.29) is 6.61 Å². The van der Waals surface area contributed by atoms with Crippen LogP contribution < -0.4 is 10.1 Å². The average Bonchev–Trinajstić information content (AvgIpc) is 2.42. The van der Waals surface area contributed by atoms with E-state index in [2.05, 4.69) is 32.2 Å². The van der Waals surface area contributed by atoms with Crippen molar-refractivity contribution < 1.29 is 4.74 Å². The van der Waals surface area contributed by atoms with Crippen molar-refractivity contribution in [1.82, 2.24) is 5.32 Å². The van der Waals surface area contributed by atoms with Crippen LogP contribution in [-0.4, -0.2) is 12.6 Å². The zero-order chi connectivity index (χ0) is 13.4. The van der Waals surface area contributed by atoms with Crippen molar-refractivity contribution in [3.63, 3.8) is 0 Å². The van der Waals surface area contributed by atoms with Crippen LogP contribution in [0.15, 0.2) is 24.3 Å². The number of benzene rings is 1. The summed E-state index contributed by atoms with van der Waals surface area (Å²) in [6.07, 6.45) is 1.18. The Bertz CT molecular complexity index is 398. The van der Waals surface area contributed by atoms with Crippen LogP contribution in [0.3, 0.4) is 0 Å². The Balaban J connectivity index is 2.49. The van der Waals surface area contributed by atoms with Gasteiger partial charge in [0.05, 0.1) is 0 Å². The smallest absolute Gasteiger partial charge is 0.174 e. The van der Waals surface area contributed by atoms with Crippen molar-refractivity contribution >= 4 is 0 Å². The highest BCUT2D eigenvalue weighted by Gasteiger charge is 2.09. The van der Waals surface area contributed by atoms with Gasteiger partial charge in [-0.15, -0.1) is 0 Å². The third kappa shape index (κ3) is 4.77. The number of ether oxygens (including phenoxy) is 1. The molecule has 1 aromatic rings. The van der Waals surface area contributed by atoms with E-state index < -0.39 is 0 Å². The van der Waals surface area contributed by atoms with E-state index in [0.29, 0.717) is 12.0 Å². The minimum absolute atomic E-state index is 0.0974. The van der Waals surface area contributed by atoms with Gasteiger partial charge in [0.2, 0.25) is 0 Å². The van der Waals surface area contributed by atoms with Gasteiger partial charge in [0.25, 0.3) is 0 Å². The van der Waals surface area contributed by atoms with Crippen molar-refractivity contribution in [3.05, 3.63) is 29.8 Å². The maximum atomic E-state index is 8.47. The molecule has 2 atom stereocenters. The van der Waals surface area contributed by atoms with E-state index in [9.17, 15) is 0 Å². The predicted molar refractivity (Wildman–Crippen MR) is 73.3 cm³/mol. The molecule has 2 unspecified atom stereocenters. The third-order valence-electron chi connectivity index (χ3n) is 3.33. The summed E-state index contributed by atoms with van der Waals surface area (Å²) in [6.45, 7) is 7.60. The standard InChI is InChI=1S/C15H22N2O/c1-4-12(2)13(3)17-11-14-6-5-7-15(10-14)18-9-8-16/h5-7,10,12-13,17H,4,9,11H2,1-3H3. The van der Waals surface area contributed by atoms with Gasteiger partial charge in [-0.25, -0.2) is 0 Å². The highest BCUT2D eigenvalue weighted by Crippen LogP contribution is 2.14. The Morgan fingerprint density at radius 1 is 1.39 bits per heavy atom. The van der Waals surface area contributed by atoms with Crippen LogP contribution in [0.4, 0.5) is 0 Å². The fourth-order valence-corrected chi connectivity index (χ4v) is 1.69. The van der Waals surface area contributed by atoms with E-state index in [1.807, 2.05) is 24.3 Å². The molecule has 0 aliphatic heterocycles. The third-order valence-corrected chi connectivity index (χ3v) is 3.33. The quantitative estimate of drug-likeness (QED) is 0.804. The second-order valence-corrected chi connectivity index (χ2v) is 4.65. The molecule has 3 heteroatoms. The van der Waals surface area contributed by atoms with Crippen LogP contribution in [0.5, 0.6) is 5.75 Å². The fourth-order valence-electron chi connectivity index (χ4n) is 1.69. The molecule has 98 valence electrons. The van der Waals surface area contributed by atoms with Gasteiger partial charge in [-0.3, -0.25) is 0 Å². The normalized spacial score (nSPS) is 13.7. The second kappa shape index (κ2) is 7.73. The SMILES string of the molecule is CCC(C)C(C)NCc1cccc(OCC#N)c1. The summed E-state index contributed by atoms with van der Waals surface area (Å²) in [6, 6.07) is 10.3. The molecule has 0 amide bonds. The highest BCUT2D eigenvalue weighted by molar-refractivity contribution is 5.28. The number of hydrogen-bond donors (Lipinski definition) is 1. The van der Waals surface area contributed by atoms with Gasteiger partial charge in [0.1, 0.15) is 11.8 Å². The topological polar surface area (TPSA) is 45.0 Å². The monoisotopic (exact) mass is 246 g/mol. The minimum atomic E-state index is 0.0974. The molecule has 0 aliphatic rings. The van der Waals surface area contributed by atoms with Crippen LogP contribution in [0, 0.1) is 17.2 Å². The van der Waals surface area contributed by atoms with Crippen molar-refractivity contribution in [2.45, 2.75) is 39.8 Å². The van der Waals surface area contributed by atoms with E-state index >= 15 is 0 Å². The maximum absolute atomic E-state index is 8.47. The highest BCUT2D eigenvalue weighted by atomic mass is 16.5. The molecule has 0 saturated carbocycles. The van der Waals surface area contributed by atoms with Crippen molar-refractivity contribution in [1.29, 1.82) is 5.26 Å². The maximum Gasteiger partial charge on any atom is 0.174 e. The zero-order valence-electron chi connectivity index (χ0n) is 11.4. The van der Waals surface area contributed by atoms with E-state index in [0.717, 1.165) is 12.3 Å². The Morgan fingerprint density at radius 3 is 2.83 bits per heavy atom. The molecule has 0 spiro atoms. The molecule has 3 nitrogen and oxygen atoms in total. The lowest BCUT2D eigenvalue weighted by Crippen LogP contribution is -2.31. The predicted octanol–water partition coefficient (Wildman–Crippen LogP) is 3.11. The van der Waals surface area contributed by atoms with Crippen LogP contribution in [-0.2, 0) is 6.54 Å². The van der Waals surface area contributed by atoms with E-state index in [4.69, 9.17) is 10.00 Å². The zero-order valence-corrected chi connectivity index (χ0v) is 11.4. The molecule has 18 heavy (non-hydrogen) atoms. The summed E-state index contributed by atoms with van der Waals surface area (Å²) in [5.41, 5.74) is 1.18. The summed E-state index contributed by atoms with van der Waals surface area (Å²) in [5, 5.41) is 12.0. The van der Waals surface area contributed by atoms with Crippen LogP contribution in [0.25, 0.3) is 0 Å². The van der Waals surface area contributed by atoms with Gasteiger partial charge in [-0.2, -0.15) is 5.26 Å². The number of nitrogens with one attached hydrogen (secondary N) is 1. The summed E-state index contributed by atoms with van der Waals surface area (Å²) in [4.78, 5) is 0. The Labute approximate surface area is 110 Å². The fraction of sp³-hybridized carbons (Fsp3) is 0.533. The van der Waals surface area contributed by atoms with Crippen molar-refractivity contribution in [3.8, 4) is 11.8 Å². The summed E-state index contributed by atoms with van der Waals surface area (Å²) in [5.74, 6) is 1.43. The largest absolute Gasteiger partial charge is 0.479 e. The second-order valence-electron chi connectivity index (χ2n) is 4.65. The van der Waals surface area contributed by atoms with Gasteiger partial charge >= 0.3 is 0 Å². The van der Waals surface area contributed by atoms with E-state index in [1.165, 1.54) is 12.0 Å². The molecular weight excluding hydrogens is 224 g/mol. The molecule has 0 radical (unpaired) electrons. The minimum Gasteiger partial charge on any atom is -0.479 e. The molecule has 0 fully saturated rings. The molecule has 1 aromatic carbocycles. The molecule has 1 N–H and O–H groups in total. The first-order chi connectivity index (χ1) is 8.67. The van der Waals surface area contributed by atoms with Gasteiger partial charge in [0.15, 0.2) is 6.61 Å². The number of nitrogens with zero attached hydrogens (tertiary/aromatic N) is 1. The molecule has 0 saturated heterocycles. The first-order valence-corrected chi connectivity index (χ1v) is 6.49. The first kappa shape index (κ1) is 14.5. The van der Waals surface area contributed by atoms with Crippen LogP contribution in [0.1, 0.15) is 32.8 Å². The van der Waals surface area contributed by atoms with Gasteiger partial charge < -0.3 is 10.1 Å². The number of rotatable bonds is 7. The Kier molecular flexibility index (Phi) is 6.24. The molecule has 0 bridgehead atoms. The summed E-state index contributed by atoms with van der Waals surface area (Å²) in [7, 11) is 0. The number of nitriles is 1. The molecule has 0 aliphatic carbocycles. The van der Waals surface area contributed by atoms with Gasteiger partial charge in [0, 0.05) is 12.6 Å². The number of hydrogen-bond acceptors (Lipinski definition) is 3. The summed E-state index contributed by atoms with van der Waals surface area (Å²) < 4.78 is 5.28. The van der Waals surface area contributed by atoms with Gasteiger partial charge in [-0.1, -0.05) is 32.4 Å². The lowest BCUT2D eigenvalue weighted by Gasteiger charge is -2.20. The summed E-state index contributed by atoms with van der Waals surface area (Å²) >= 11 is 0. The van der Waals surface area contributed by atoms with Gasteiger partial charge in [-0.05, 0) is 30.5 Å². The van der Waals surface area contributed by atoms with Crippen molar-refractivity contribution in [2.24, 2.45) is 5.92 Å². The molecular formula is C15H22N2O. The van der Waals surface area contributed by atoms with Crippen LogP contribution >= 0.6 is 0 Å². The molecule has 0 aromatic heterocycles. The van der Waals surface area contributed by atoms with E-state index in [1.54, 1.807) is 0 Å². The van der Waals surface area contributed by atoms with Crippen LogP contribution in [0.2, 0.25) is 0 Å². The van der Waals surface area contributed by atoms with Crippen molar-refractivity contribution in [2.75, 3.05) is 6.61 Å². The Morgan fingerprint density at radius 2 is 2.17 bits per heavy atom. The Hall–Kier alpha value is -1.53. The first-order valence-electron chi connectivity index (χ1n) is 6.49. The molecule has 1 rings (SSSR count). The molecule has 0 heterocycles. The lowest BCUT2D eigenvalue weighted by molar-refractivity contribution is 0.366. The average molecular weight is 246 g/mol. The lowest BCUT2D eigenvalue weighted by atomic mass is 10.0.